The van der Waals surface area contributed by atoms with Crippen molar-refractivity contribution in [2.24, 2.45) is 5.10 Å². The van der Waals surface area contributed by atoms with Crippen LogP contribution in [0, 0.1) is 5.82 Å². The van der Waals surface area contributed by atoms with Crippen LogP contribution in [-0.2, 0) is 4.79 Å². The molecule has 0 fully saturated rings. The smallest absolute Gasteiger partial charge is 0.250 e. The summed E-state index contributed by atoms with van der Waals surface area (Å²) in [6.07, 6.45) is 0.958. The summed E-state index contributed by atoms with van der Waals surface area (Å²) in [6, 6.07) is 13.9. The van der Waals surface area contributed by atoms with Gasteiger partial charge in [-0.3, -0.25) is 4.79 Å². The van der Waals surface area contributed by atoms with Crippen LogP contribution in [0.25, 0.3) is 0 Å². The number of hydrogen-bond donors (Lipinski definition) is 1. The van der Waals surface area contributed by atoms with Crippen molar-refractivity contribution in [3.05, 3.63) is 59.9 Å². The van der Waals surface area contributed by atoms with E-state index in [1.165, 1.54) is 6.07 Å². The van der Waals surface area contributed by atoms with Crippen LogP contribution in [0.4, 0.5) is 4.39 Å². The maximum atomic E-state index is 13.5. The lowest BCUT2D eigenvalue weighted by Crippen LogP contribution is -2.21. The van der Waals surface area contributed by atoms with E-state index in [0.29, 0.717) is 17.2 Å². The van der Waals surface area contributed by atoms with E-state index in [0.717, 1.165) is 29.5 Å². The summed E-state index contributed by atoms with van der Waals surface area (Å²) in [5.41, 5.74) is 4.07. The highest BCUT2D eigenvalue weighted by Crippen LogP contribution is 2.20. The van der Waals surface area contributed by atoms with E-state index in [2.05, 4.69) is 17.5 Å². The highest BCUT2D eigenvalue weighted by atomic mass is 32.2. The fourth-order valence-corrected chi connectivity index (χ4v) is 2.69. The standard InChI is InChI=1S/C19H21FN2O2S/c1-3-12-24-16-10-8-15(9-11-16)14(2)21-22-19(23)13-25-18-7-5-4-6-17(18)20/h4-11H,3,12-13H2,1-2H3,(H,22,23)/b21-14-. The van der Waals surface area contributed by atoms with Gasteiger partial charge in [0.15, 0.2) is 0 Å². The Morgan fingerprint density at radius 2 is 1.92 bits per heavy atom. The van der Waals surface area contributed by atoms with Gasteiger partial charge in [-0.2, -0.15) is 5.10 Å². The molecule has 1 amide bonds. The predicted octanol–water partition coefficient (Wildman–Crippen LogP) is 4.25. The summed E-state index contributed by atoms with van der Waals surface area (Å²) >= 11 is 1.14. The monoisotopic (exact) mass is 360 g/mol. The molecular weight excluding hydrogens is 339 g/mol. The normalized spacial score (nSPS) is 11.2. The lowest BCUT2D eigenvalue weighted by Gasteiger charge is -2.06. The van der Waals surface area contributed by atoms with Crippen LogP contribution in [0.3, 0.4) is 0 Å². The fraction of sp³-hybridized carbons (Fsp3) is 0.263. The number of carbonyl (C=O) groups is 1. The van der Waals surface area contributed by atoms with Crippen LogP contribution < -0.4 is 10.2 Å². The van der Waals surface area contributed by atoms with Gasteiger partial charge in [-0.05, 0) is 55.3 Å². The molecular formula is C19H21FN2O2S. The van der Waals surface area contributed by atoms with Crippen LogP contribution in [-0.4, -0.2) is 24.0 Å². The fourth-order valence-electron chi connectivity index (χ4n) is 1.96. The first kappa shape index (κ1) is 19.0. The van der Waals surface area contributed by atoms with E-state index >= 15 is 0 Å². The molecule has 2 aromatic rings. The van der Waals surface area contributed by atoms with Gasteiger partial charge < -0.3 is 4.74 Å². The first-order chi connectivity index (χ1) is 12.1. The number of carbonyl (C=O) groups excluding carboxylic acids is 1. The van der Waals surface area contributed by atoms with Gasteiger partial charge in [0.1, 0.15) is 11.6 Å². The first-order valence-corrected chi connectivity index (χ1v) is 9.02. The summed E-state index contributed by atoms with van der Waals surface area (Å²) in [5, 5.41) is 4.09. The van der Waals surface area contributed by atoms with Crippen molar-refractivity contribution in [2.45, 2.75) is 25.2 Å². The summed E-state index contributed by atoms with van der Waals surface area (Å²) < 4.78 is 19.0. The van der Waals surface area contributed by atoms with Crippen LogP contribution in [0.2, 0.25) is 0 Å². The Hall–Kier alpha value is -2.34. The van der Waals surface area contributed by atoms with E-state index in [9.17, 15) is 9.18 Å². The molecule has 6 heteroatoms. The molecule has 0 saturated heterocycles. The minimum atomic E-state index is -0.328. The van der Waals surface area contributed by atoms with Gasteiger partial charge in [-0.1, -0.05) is 19.1 Å². The summed E-state index contributed by atoms with van der Waals surface area (Å²) in [5.74, 6) is 0.297. The maximum Gasteiger partial charge on any atom is 0.250 e. The number of benzene rings is 2. The van der Waals surface area contributed by atoms with Crippen molar-refractivity contribution in [3.63, 3.8) is 0 Å². The first-order valence-electron chi connectivity index (χ1n) is 8.04. The molecule has 0 aliphatic carbocycles. The van der Waals surface area contributed by atoms with Gasteiger partial charge in [-0.15, -0.1) is 11.8 Å². The number of nitrogens with one attached hydrogen (secondary N) is 1. The van der Waals surface area contributed by atoms with Gasteiger partial charge in [0, 0.05) is 4.90 Å². The minimum absolute atomic E-state index is 0.0987. The van der Waals surface area contributed by atoms with Crippen LogP contribution in [0.5, 0.6) is 5.75 Å². The van der Waals surface area contributed by atoms with Crippen molar-refractivity contribution < 1.29 is 13.9 Å². The van der Waals surface area contributed by atoms with Gasteiger partial charge in [-0.25, -0.2) is 9.82 Å². The van der Waals surface area contributed by atoms with E-state index in [1.807, 2.05) is 31.2 Å². The summed E-state index contributed by atoms with van der Waals surface area (Å²) in [4.78, 5) is 12.3. The lowest BCUT2D eigenvalue weighted by molar-refractivity contribution is -0.118. The molecule has 0 atom stereocenters. The molecule has 2 rings (SSSR count). The van der Waals surface area contributed by atoms with Gasteiger partial charge in [0.25, 0.3) is 0 Å². The number of hydrogen-bond acceptors (Lipinski definition) is 4. The molecule has 132 valence electrons. The third kappa shape index (κ3) is 6.23. The molecule has 0 bridgehead atoms. The molecule has 0 aliphatic heterocycles. The van der Waals surface area contributed by atoms with E-state index < -0.39 is 0 Å². The van der Waals surface area contributed by atoms with Crippen molar-refractivity contribution in [2.75, 3.05) is 12.4 Å². The Morgan fingerprint density at radius 3 is 2.60 bits per heavy atom. The quantitative estimate of drug-likeness (QED) is 0.435. The van der Waals surface area contributed by atoms with Crippen molar-refractivity contribution in [3.8, 4) is 5.75 Å². The number of nitrogens with zero attached hydrogens (tertiary/aromatic N) is 1. The van der Waals surface area contributed by atoms with Crippen molar-refractivity contribution in [1.29, 1.82) is 0 Å². The highest BCUT2D eigenvalue weighted by Gasteiger charge is 2.06. The molecule has 4 nitrogen and oxygen atoms in total. The Bertz CT molecular complexity index is 732. The van der Waals surface area contributed by atoms with Gasteiger partial charge in [0.2, 0.25) is 5.91 Å². The van der Waals surface area contributed by atoms with E-state index in [-0.39, 0.29) is 17.5 Å². The second-order valence-electron chi connectivity index (χ2n) is 5.32. The zero-order valence-electron chi connectivity index (χ0n) is 14.3. The Morgan fingerprint density at radius 1 is 1.20 bits per heavy atom. The van der Waals surface area contributed by atoms with E-state index in [4.69, 9.17) is 4.74 Å². The van der Waals surface area contributed by atoms with Gasteiger partial charge >= 0.3 is 0 Å². The molecule has 0 aromatic heterocycles. The van der Waals surface area contributed by atoms with Gasteiger partial charge in [0.05, 0.1) is 18.1 Å². The third-order valence-corrected chi connectivity index (χ3v) is 4.34. The minimum Gasteiger partial charge on any atom is -0.494 e. The molecule has 25 heavy (non-hydrogen) atoms. The molecule has 0 radical (unpaired) electrons. The topological polar surface area (TPSA) is 50.7 Å². The highest BCUT2D eigenvalue weighted by molar-refractivity contribution is 8.00. The van der Waals surface area contributed by atoms with Crippen LogP contribution in [0.1, 0.15) is 25.8 Å². The van der Waals surface area contributed by atoms with E-state index in [1.54, 1.807) is 18.2 Å². The Balaban J connectivity index is 1.85. The Kier molecular flexibility index (Phi) is 7.47. The molecule has 0 aliphatic rings. The average Bonchev–Trinajstić information content (AvgIpc) is 2.64. The lowest BCUT2D eigenvalue weighted by atomic mass is 10.1. The molecule has 0 spiro atoms. The zero-order valence-corrected chi connectivity index (χ0v) is 15.1. The second-order valence-corrected chi connectivity index (χ2v) is 6.34. The summed E-state index contributed by atoms with van der Waals surface area (Å²) in [6.45, 7) is 4.55. The maximum absolute atomic E-state index is 13.5. The number of thioether (sulfide) groups is 1. The molecule has 1 N–H and O–H groups in total. The molecule has 2 aromatic carbocycles. The number of ether oxygens (including phenoxy) is 1. The SMILES string of the molecule is CCCOc1ccc(/C(C)=N\NC(=O)CSc2ccccc2F)cc1. The van der Waals surface area contributed by atoms with Crippen molar-refractivity contribution >= 4 is 23.4 Å². The molecule has 0 saturated carbocycles. The molecule has 0 unspecified atom stereocenters. The molecule has 0 heterocycles. The Labute approximate surface area is 151 Å². The number of halogens is 1. The zero-order chi connectivity index (χ0) is 18.1. The average molecular weight is 360 g/mol. The second kappa shape index (κ2) is 9.84. The summed E-state index contributed by atoms with van der Waals surface area (Å²) in [7, 11) is 0. The third-order valence-electron chi connectivity index (χ3n) is 3.29. The predicted molar refractivity (Wildman–Crippen MR) is 99.7 cm³/mol. The van der Waals surface area contributed by atoms with Crippen LogP contribution in [0.15, 0.2) is 58.5 Å². The number of amides is 1. The largest absolute Gasteiger partial charge is 0.494 e. The number of rotatable bonds is 8. The van der Waals surface area contributed by atoms with Crippen molar-refractivity contribution in [1.82, 2.24) is 5.43 Å². The van der Waals surface area contributed by atoms with Crippen LogP contribution >= 0.6 is 11.8 Å². The number of hydrazone groups is 1.